The van der Waals surface area contributed by atoms with Gasteiger partial charge < -0.3 is 5.32 Å². The molecule has 2 rings (SSSR count). The third-order valence-electron chi connectivity index (χ3n) is 2.24. The molecule has 6 heteroatoms. The van der Waals surface area contributed by atoms with E-state index in [1.165, 1.54) is 11.5 Å². The van der Waals surface area contributed by atoms with Gasteiger partial charge in [0.05, 0.1) is 6.04 Å². The largest absolute Gasteiger partial charge is 0.351 e. The molecular weight excluding hydrogens is 240 g/mol. The molecule has 0 amide bonds. The van der Waals surface area contributed by atoms with Crippen molar-refractivity contribution in [1.82, 2.24) is 14.3 Å². The predicted octanol–water partition coefficient (Wildman–Crippen LogP) is 3.12. The lowest BCUT2D eigenvalue weighted by Crippen LogP contribution is -2.09. The Labute approximate surface area is 103 Å². The van der Waals surface area contributed by atoms with Crippen molar-refractivity contribution in [2.75, 3.05) is 5.32 Å². The number of aromatic nitrogens is 3. The van der Waals surface area contributed by atoms with Crippen molar-refractivity contribution < 1.29 is 0 Å². The molecule has 2 heterocycles. The maximum Gasteiger partial charge on any atom is 0.203 e. The summed E-state index contributed by atoms with van der Waals surface area (Å²) in [6, 6.07) is 0.248. The van der Waals surface area contributed by atoms with E-state index in [0.29, 0.717) is 0 Å². The van der Waals surface area contributed by atoms with Crippen molar-refractivity contribution in [3.05, 3.63) is 22.4 Å². The molecule has 0 aromatic carbocycles. The van der Waals surface area contributed by atoms with E-state index in [1.807, 2.05) is 11.6 Å². The highest BCUT2D eigenvalue weighted by molar-refractivity contribution is 7.10. The summed E-state index contributed by atoms with van der Waals surface area (Å²) in [5.41, 5.74) is 0. The lowest BCUT2D eigenvalue weighted by atomic mass is 10.2. The third kappa shape index (κ3) is 2.56. The Hall–Kier alpha value is -1.01. The van der Waals surface area contributed by atoms with Crippen molar-refractivity contribution in [1.29, 1.82) is 0 Å². The quantitative estimate of drug-likeness (QED) is 0.890. The fraction of sp³-hybridized carbons (Fsp3) is 0.500. The SMILES string of the molecule is CCc1nsc(NC(CC)c2nccs2)n1. The van der Waals surface area contributed by atoms with Crippen LogP contribution in [0.5, 0.6) is 0 Å². The molecular formula is C10H14N4S2. The molecule has 86 valence electrons. The minimum absolute atomic E-state index is 0.248. The Balaban J connectivity index is 2.07. The van der Waals surface area contributed by atoms with E-state index < -0.39 is 0 Å². The third-order valence-corrected chi connectivity index (χ3v) is 3.81. The molecule has 1 unspecified atom stereocenters. The molecule has 2 aromatic rings. The van der Waals surface area contributed by atoms with Crippen molar-refractivity contribution in [2.24, 2.45) is 0 Å². The zero-order valence-corrected chi connectivity index (χ0v) is 10.9. The van der Waals surface area contributed by atoms with Gasteiger partial charge in [-0.25, -0.2) is 9.97 Å². The van der Waals surface area contributed by atoms with Crippen molar-refractivity contribution >= 4 is 28.0 Å². The van der Waals surface area contributed by atoms with Crippen LogP contribution in [0, 0.1) is 0 Å². The Bertz CT molecular complexity index is 424. The second-order valence-corrected chi connectivity index (χ2v) is 5.02. The van der Waals surface area contributed by atoms with Gasteiger partial charge in [0.2, 0.25) is 5.13 Å². The van der Waals surface area contributed by atoms with Crippen molar-refractivity contribution in [3.63, 3.8) is 0 Å². The maximum absolute atomic E-state index is 4.40. The summed E-state index contributed by atoms with van der Waals surface area (Å²) in [7, 11) is 0. The minimum atomic E-state index is 0.248. The lowest BCUT2D eigenvalue weighted by molar-refractivity contribution is 0.740. The first-order valence-electron chi connectivity index (χ1n) is 5.32. The Morgan fingerprint density at radius 3 is 2.88 bits per heavy atom. The first-order chi connectivity index (χ1) is 7.83. The van der Waals surface area contributed by atoms with Gasteiger partial charge in [-0.15, -0.1) is 11.3 Å². The number of hydrogen-bond acceptors (Lipinski definition) is 6. The molecule has 0 saturated carbocycles. The van der Waals surface area contributed by atoms with Gasteiger partial charge in [0.1, 0.15) is 10.8 Å². The van der Waals surface area contributed by atoms with Crippen LogP contribution in [0.1, 0.15) is 37.1 Å². The van der Waals surface area contributed by atoms with E-state index in [-0.39, 0.29) is 6.04 Å². The van der Waals surface area contributed by atoms with Gasteiger partial charge in [-0.2, -0.15) is 4.37 Å². The number of nitrogens with one attached hydrogen (secondary N) is 1. The first-order valence-corrected chi connectivity index (χ1v) is 6.97. The van der Waals surface area contributed by atoms with Crippen LogP contribution in [0.25, 0.3) is 0 Å². The van der Waals surface area contributed by atoms with Gasteiger partial charge in [0, 0.05) is 29.5 Å². The summed E-state index contributed by atoms with van der Waals surface area (Å²) >= 11 is 3.09. The molecule has 2 aromatic heterocycles. The summed E-state index contributed by atoms with van der Waals surface area (Å²) in [6.07, 6.45) is 3.71. The lowest BCUT2D eigenvalue weighted by Gasteiger charge is -2.12. The van der Waals surface area contributed by atoms with E-state index in [0.717, 1.165) is 28.8 Å². The van der Waals surface area contributed by atoms with Gasteiger partial charge in [0.15, 0.2) is 0 Å². The first kappa shape index (κ1) is 11.5. The number of nitrogens with zero attached hydrogens (tertiary/aromatic N) is 3. The predicted molar refractivity (Wildman–Crippen MR) is 68.1 cm³/mol. The summed E-state index contributed by atoms with van der Waals surface area (Å²) in [6.45, 7) is 4.20. The second-order valence-electron chi connectivity index (χ2n) is 3.34. The molecule has 0 spiro atoms. The maximum atomic E-state index is 4.40. The van der Waals surface area contributed by atoms with Crippen molar-refractivity contribution in [2.45, 2.75) is 32.7 Å². The molecule has 0 aliphatic heterocycles. The molecule has 4 nitrogen and oxygen atoms in total. The highest BCUT2D eigenvalue weighted by atomic mass is 32.1. The number of hydrogen-bond donors (Lipinski definition) is 1. The minimum Gasteiger partial charge on any atom is -0.351 e. The normalized spacial score (nSPS) is 12.6. The monoisotopic (exact) mass is 254 g/mol. The molecule has 0 aliphatic rings. The molecule has 1 N–H and O–H groups in total. The smallest absolute Gasteiger partial charge is 0.203 e. The average molecular weight is 254 g/mol. The van der Waals surface area contributed by atoms with Crippen molar-refractivity contribution in [3.8, 4) is 0 Å². The van der Waals surface area contributed by atoms with Crippen LogP contribution in [0.4, 0.5) is 5.13 Å². The molecule has 0 aliphatic carbocycles. The highest BCUT2D eigenvalue weighted by Crippen LogP contribution is 2.24. The number of rotatable bonds is 5. The summed E-state index contributed by atoms with van der Waals surface area (Å²) in [5.74, 6) is 0.904. The number of thiazole rings is 1. The molecule has 0 fully saturated rings. The number of aryl methyl sites for hydroxylation is 1. The van der Waals surface area contributed by atoms with E-state index in [4.69, 9.17) is 0 Å². The fourth-order valence-electron chi connectivity index (χ4n) is 1.35. The zero-order chi connectivity index (χ0) is 11.4. The fourth-order valence-corrected chi connectivity index (χ4v) is 2.83. The topological polar surface area (TPSA) is 50.7 Å². The second kappa shape index (κ2) is 5.36. The van der Waals surface area contributed by atoms with Gasteiger partial charge >= 0.3 is 0 Å². The van der Waals surface area contributed by atoms with Crippen LogP contribution < -0.4 is 5.32 Å². The van der Waals surface area contributed by atoms with Crippen LogP contribution in [-0.2, 0) is 6.42 Å². The Morgan fingerprint density at radius 2 is 2.31 bits per heavy atom. The number of anilines is 1. The standard InChI is InChI=1S/C10H14N4S2/c1-3-7(9-11-5-6-15-9)12-10-13-8(4-2)14-16-10/h5-7H,3-4H2,1-2H3,(H,12,13,14). The molecule has 16 heavy (non-hydrogen) atoms. The van der Waals surface area contributed by atoms with Gasteiger partial charge in [-0.1, -0.05) is 13.8 Å². The molecule has 1 atom stereocenters. The van der Waals surface area contributed by atoms with Gasteiger partial charge in [-0.3, -0.25) is 0 Å². The summed E-state index contributed by atoms with van der Waals surface area (Å²) < 4.78 is 4.25. The van der Waals surface area contributed by atoms with Crippen LogP contribution >= 0.6 is 22.9 Å². The summed E-state index contributed by atoms with van der Waals surface area (Å²) in [4.78, 5) is 8.72. The van der Waals surface area contributed by atoms with Crippen LogP contribution in [-0.4, -0.2) is 14.3 Å². The molecule has 0 saturated heterocycles. The van der Waals surface area contributed by atoms with Crippen LogP contribution in [0.2, 0.25) is 0 Å². The highest BCUT2D eigenvalue weighted by Gasteiger charge is 2.13. The van der Waals surface area contributed by atoms with Crippen LogP contribution in [0.3, 0.4) is 0 Å². The van der Waals surface area contributed by atoms with E-state index in [2.05, 4.69) is 33.5 Å². The Morgan fingerprint density at radius 1 is 1.44 bits per heavy atom. The molecule has 0 bridgehead atoms. The molecule has 0 radical (unpaired) electrons. The van der Waals surface area contributed by atoms with Crippen LogP contribution in [0.15, 0.2) is 11.6 Å². The zero-order valence-electron chi connectivity index (χ0n) is 9.30. The van der Waals surface area contributed by atoms with E-state index in [1.54, 1.807) is 11.3 Å². The van der Waals surface area contributed by atoms with Gasteiger partial charge in [0.25, 0.3) is 0 Å². The van der Waals surface area contributed by atoms with E-state index in [9.17, 15) is 0 Å². The van der Waals surface area contributed by atoms with E-state index >= 15 is 0 Å². The summed E-state index contributed by atoms with van der Waals surface area (Å²) in [5, 5.41) is 7.37. The average Bonchev–Trinajstić information content (AvgIpc) is 2.96. The van der Waals surface area contributed by atoms with Gasteiger partial charge in [-0.05, 0) is 6.42 Å². The Kier molecular flexibility index (Phi) is 3.84.